The van der Waals surface area contributed by atoms with Gasteiger partial charge in [0.15, 0.2) is 0 Å². The van der Waals surface area contributed by atoms with Gasteiger partial charge in [-0.1, -0.05) is 62.4 Å². The average molecular weight is 777 g/mol. The summed E-state index contributed by atoms with van der Waals surface area (Å²) >= 11 is 2.94. The summed E-state index contributed by atoms with van der Waals surface area (Å²) in [6.07, 6.45) is 3.56. The van der Waals surface area contributed by atoms with E-state index in [4.69, 9.17) is 0 Å². The number of aliphatic hydroxyl groups is 1. The molecule has 0 spiro atoms. The largest absolute Gasteiger partial charge is 0.394 e. The smallest absolute Gasteiger partial charge is 0.251 e. The predicted octanol–water partition coefficient (Wildman–Crippen LogP) is 7.20. The fourth-order valence-electron chi connectivity index (χ4n) is 6.59. The quantitative estimate of drug-likeness (QED) is 0.0869. The van der Waals surface area contributed by atoms with Crippen LogP contribution in [0.4, 0.5) is 0 Å². The van der Waals surface area contributed by atoms with Crippen LogP contribution in [0.25, 0.3) is 21.3 Å². The van der Waals surface area contributed by atoms with E-state index in [-0.39, 0.29) is 30.9 Å². The molecule has 10 nitrogen and oxygen atoms in total. The zero-order valence-electron chi connectivity index (χ0n) is 29.7. The fourth-order valence-corrected chi connectivity index (χ4v) is 10.0. The number of carbonyl (C=O) groups is 2. The molecule has 0 bridgehead atoms. The first kappa shape index (κ1) is 37.3. The van der Waals surface area contributed by atoms with E-state index in [0.29, 0.717) is 22.7 Å². The molecular weight excluding hydrogens is 737 g/mol. The molecule has 2 amide bonds. The van der Waals surface area contributed by atoms with Crippen molar-refractivity contribution in [1.29, 1.82) is 0 Å². The van der Waals surface area contributed by atoms with Gasteiger partial charge in [0.05, 0.1) is 39.8 Å². The number of aromatic amines is 1. The van der Waals surface area contributed by atoms with E-state index < -0.39 is 29.0 Å². The van der Waals surface area contributed by atoms with Crippen molar-refractivity contribution in [2.45, 2.75) is 43.3 Å². The zero-order chi connectivity index (χ0) is 37.6. The molecule has 4 aromatic heterocycles. The van der Waals surface area contributed by atoms with E-state index in [9.17, 15) is 18.9 Å². The number of pyridine rings is 1. The first-order valence-electron chi connectivity index (χ1n) is 17.6. The molecule has 0 saturated carbocycles. The van der Waals surface area contributed by atoms with Crippen LogP contribution in [0, 0.1) is 5.92 Å². The number of hydrogen-bond donors (Lipinski definition) is 4. The molecule has 7 rings (SSSR count). The highest BCUT2D eigenvalue weighted by atomic mass is 32.2. The number of thiazole rings is 1. The Morgan fingerprint density at radius 1 is 0.944 bits per heavy atom. The molecule has 4 atom stereocenters. The number of carbonyl (C=O) groups excluding carboxylic acids is 2. The summed E-state index contributed by atoms with van der Waals surface area (Å²) in [5.41, 5.74) is 5.43. The number of fused-ring (bicyclic) bond motifs is 2. The van der Waals surface area contributed by atoms with Gasteiger partial charge in [-0.25, -0.2) is 18.5 Å². The lowest BCUT2D eigenvalue weighted by atomic mass is 9.84. The minimum atomic E-state index is -1.55. The number of thiophene rings is 1. The molecule has 4 N–H and O–H groups in total. The van der Waals surface area contributed by atoms with Crippen molar-refractivity contribution in [2.24, 2.45) is 5.92 Å². The normalized spacial score (nSPS) is 13.9. The number of rotatable bonds is 15. The third-order valence-electron chi connectivity index (χ3n) is 9.15. The second-order valence-electron chi connectivity index (χ2n) is 13.3. The van der Waals surface area contributed by atoms with Gasteiger partial charge >= 0.3 is 0 Å². The number of benzene rings is 3. The Hall–Kier alpha value is -5.05. The lowest BCUT2D eigenvalue weighted by Crippen LogP contribution is -2.50. The van der Waals surface area contributed by atoms with E-state index in [1.54, 1.807) is 36.0 Å². The number of nitrogens with one attached hydrogen (secondary N) is 3. The Balaban J connectivity index is 1.16. The minimum absolute atomic E-state index is 0.183. The average Bonchev–Trinajstić information content (AvgIpc) is 3.97. The molecular formula is C41H40N6O4S3. The minimum Gasteiger partial charge on any atom is -0.394 e. The van der Waals surface area contributed by atoms with Gasteiger partial charge in [0.25, 0.3) is 5.91 Å². The number of H-pyrrole nitrogens is 1. The van der Waals surface area contributed by atoms with Gasteiger partial charge in [-0.3, -0.25) is 9.59 Å². The molecule has 276 valence electrons. The first-order chi connectivity index (χ1) is 26.3. The summed E-state index contributed by atoms with van der Waals surface area (Å²) in [6, 6.07) is 30.2. The number of hydrogen-bond acceptors (Lipinski definition) is 8. The maximum atomic E-state index is 14.4. The van der Waals surface area contributed by atoms with E-state index in [2.05, 4.69) is 39.4 Å². The van der Waals surface area contributed by atoms with Crippen LogP contribution in [0.15, 0.2) is 126 Å². The van der Waals surface area contributed by atoms with E-state index in [1.807, 2.05) is 89.4 Å². The second kappa shape index (κ2) is 17.0. The van der Waals surface area contributed by atoms with Crippen LogP contribution in [0.2, 0.25) is 0 Å². The van der Waals surface area contributed by atoms with Gasteiger partial charge < -0.3 is 20.7 Å². The second-order valence-corrected chi connectivity index (χ2v) is 16.8. The van der Waals surface area contributed by atoms with Crippen molar-refractivity contribution in [3.05, 3.63) is 147 Å². The van der Waals surface area contributed by atoms with Crippen LogP contribution in [0.1, 0.15) is 57.0 Å². The van der Waals surface area contributed by atoms with Crippen molar-refractivity contribution in [3.8, 4) is 0 Å². The lowest BCUT2D eigenvalue weighted by molar-refractivity contribution is -0.123. The van der Waals surface area contributed by atoms with Gasteiger partial charge in [-0.2, -0.15) is 0 Å². The molecule has 7 aromatic rings. The number of amides is 2. The lowest BCUT2D eigenvalue weighted by Gasteiger charge is -2.30. The standard InChI is InChI=1S/C41H40N6O4S3/c1-26(2)23-47(54(51)30-16-17-33-36(20-30)52-25-45-33)34(24-48)35-18-15-29(53-35)21-44-41(50)38(46-40(49)28-12-7-4-8-13-28)37(27-10-5-3-6-11-27)32-22-43-39-31(32)14-9-19-42-39/h3-20,22,25-26,34,37-38,48H,21,23-24H2,1-2H3,(H,42,43)(H,44,50)(H,46,49). The van der Waals surface area contributed by atoms with Gasteiger partial charge in [0.2, 0.25) is 5.91 Å². The van der Waals surface area contributed by atoms with E-state index >= 15 is 0 Å². The first-order valence-corrected chi connectivity index (χ1v) is 20.4. The molecule has 0 radical (unpaired) electrons. The van der Waals surface area contributed by atoms with Crippen LogP contribution < -0.4 is 10.6 Å². The van der Waals surface area contributed by atoms with Gasteiger partial charge in [0, 0.05) is 45.6 Å². The molecule has 0 saturated heterocycles. The highest BCUT2D eigenvalue weighted by Crippen LogP contribution is 2.35. The third-order valence-corrected chi connectivity index (χ3v) is 12.6. The molecule has 0 fully saturated rings. The Morgan fingerprint density at radius 3 is 2.48 bits per heavy atom. The zero-order valence-corrected chi connectivity index (χ0v) is 32.2. The number of aromatic nitrogens is 3. The van der Waals surface area contributed by atoms with E-state index in [0.717, 1.165) is 36.5 Å². The monoisotopic (exact) mass is 776 g/mol. The van der Waals surface area contributed by atoms with Crippen molar-refractivity contribution in [3.63, 3.8) is 0 Å². The van der Waals surface area contributed by atoms with Gasteiger partial charge in [-0.15, -0.1) is 22.7 Å². The van der Waals surface area contributed by atoms with Crippen LogP contribution in [-0.4, -0.2) is 59.6 Å². The Labute approximate surface area is 323 Å². The highest BCUT2D eigenvalue weighted by Gasteiger charge is 2.35. The molecule has 0 aliphatic carbocycles. The van der Waals surface area contributed by atoms with Gasteiger partial charge in [-0.05, 0) is 71.6 Å². The Bertz CT molecular complexity index is 2380. The van der Waals surface area contributed by atoms with Crippen LogP contribution >= 0.6 is 22.7 Å². The fraction of sp³-hybridized carbons (Fsp3) is 0.220. The summed E-state index contributed by atoms with van der Waals surface area (Å²) in [4.78, 5) is 42.5. The molecule has 54 heavy (non-hydrogen) atoms. The van der Waals surface area contributed by atoms with Crippen LogP contribution in [0.3, 0.4) is 0 Å². The van der Waals surface area contributed by atoms with Crippen molar-refractivity contribution >= 4 is 66.7 Å². The van der Waals surface area contributed by atoms with Crippen molar-refractivity contribution in [2.75, 3.05) is 13.2 Å². The highest BCUT2D eigenvalue weighted by molar-refractivity contribution is 7.82. The van der Waals surface area contributed by atoms with Crippen LogP contribution in [0.5, 0.6) is 0 Å². The SMILES string of the molecule is CC(C)CN(C(CO)c1ccc(CNC(=O)C(NC(=O)c2ccccc2)C(c2ccccc2)c2c[nH]c3ncccc23)s1)S(=O)c1ccc2ncsc2c1. The predicted molar refractivity (Wildman–Crippen MR) is 216 cm³/mol. The van der Waals surface area contributed by atoms with Crippen LogP contribution in [-0.2, 0) is 22.3 Å². The molecule has 3 aromatic carbocycles. The molecule has 0 aliphatic rings. The topological polar surface area (TPSA) is 140 Å². The van der Waals surface area contributed by atoms with E-state index in [1.165, 1.54) is 22.7 Å². The van der Waals surface area contributed by atoms with Gasteiger partial charge in [0.1, 0.15) is 22.7 Å². The molecule has 13 heteroatoms. The summed E-state index contributed by atoms with van der Waals surface area (Å²) < 4.78 is 16.9. The summed E-state index contributed by atoms with van der Waals surface area (Å²) in [5, 5.41) is 17.7. The van der Waals surface area contributed by atoms with Crippen molar-refractivity contribution < 1.29 is 18.9 Å². The number of aliphatic hydroxyl groups excluding tert-OH is 1. The molecule has 4 heterocycles. The summed E-state index contributed by atoms with van der Waals surface area (Å²) in [5.74, 6) is -1.10. The molecule has 0 aliphatic heterocycles. The third kappa shape index (κ3) is 8.20. The Morgan fingerprint density at radius 2 is 1.72 bits per heavy atom. The summed E-state index contributed by atoms with van der Waals surface area (Å²) in [6.45, 7) is 4.56. The molecule has 4 unspecified atom stereocenters. The Kier molecular flexibility index (Phi) is 11.7. The summed E-state index contributed by atoms with van der Waals surface area (Å²) in [7, 11) is -1.55. The maximum Gasteiger partial charge on any atom is 0.251 e. The van der Waals surface area contributed by atoms with Crippen molar-refractivity contribution in [1.82, 2.24) is 29.9 Å². The maximum absolute atomic E-state index is 14.4. The number of nitrogens with zero attached hydrogens (tertiary/aromatic N) is 3.